The van der Waals surface area contributed by atoms with Gasteiger partial charge in [0.2, 0.25) is 0 Å². The molecule has 0 aliphatic carbocycles. The number of hydrogen-bond acceptors (Lipinski definition) is 1. The van der Waals surface area contributed by atoms with Gasteiger partial charge in [-0.25, -0.2) is 0 Å². The Morgan fingerprint density at radius 2 is 2.43 bits per heavy atom. The summed E-state index contributed by atoms with van der Waals surface area (Å²) in [7, 11) is 0. The minimum atomic E-state index is 1.20. The van der Waals surface area contributed by atoms with E-state index in [-0.39, 0.29) is 0 Å². The Bertz CT molecular complexity index is 138. The first-order valence-electron chi connectivity index (χ1n) is 2.19. The van der Waals surface area contributed by atoms with Crippen LogP contribution in [0.5, 0.6) is 0 Å². The summed E-state index contributed by atoms with van der Waals surface area (Å²) >= 11 is 0. The van der Waals surface area contributed by atoms with E-state index in [1.807, 2.05) is 25.4 Å². The van der Waals surface area contributed by atoms with Crippen LogP contribution in [0.1, 0.15) is 5.56 Å². The van der Waals surface area contributed by atoms with Crippen LogP contribution in [0.15, 0.2) is 18.5 Å². The highest BCUT2D eigenvalue weighted by Crippen LogP contribution is 1.91. The fraction of sp³-hybridized carbons (Fsp3) is 0.200. The lowest BCUT2D eigenvalue weighted by Crippen LogP contribution is -2.02. The maximum atomic E-state index is 5.30. The zero-order chi connectivity index (χ0) is 5.28. The van der Waals surface area contributed by atoms with Gasteiger partial charge in [-0.3, -0.25) is 4.68 Å². The van der Waals surface area contributed by atoms with E-state index in [1.165, 1.54) is 10.2 Å². The first-order chi connectivity index (χ1) is 3.29. The third kappa shape index (κ3) is 0.738. The van der Waals surface area contributed by atoms with Gasteiger partial charge in [0.25, 0.3) is 0 Å². The number of aryl methyl sites for hydroxylation is 1. The minimum absolute atomic E-state index is 1.20. The Kier molecular flexibility index (Phi) is 0.785. The summed E-state index contributed by atoms with van der Waals surface area (Å²) < 4.78 is 1.54. The molecule has 0 amide bonds. The molecule has 0 aliphatic heterocycles. The Balaban J connectivity index is 3.04. The van der Waals surface area contributed by atoms with E-state index < -0.39 is 0 Å². The van der Waals surface area contributed by atoms with E-state index in [4.69, 9.17) is 5.84 Å². The van der Waals surface area contributed by atoms with Crippen molar-refractivity contribution in [1.82, 2.24) is 4.68 Å². The van der Waals surface area contributed by atoms with Gasteiger partial charge in [-0.05, 0) is 18.6 Å². The smallest absolute Gasteiger partial charge is 0.0285 e. The fourth-order valence-corrected chi connectivity index (χ4v) is 0.525. The second-order valence-electron chi connectivity index (χ2n) is 1.64. The van der Waals surface area contributed by atoms with E-state index in [0.717, 1.165) is 0 Å². The lowest BCUT2D eigenvalue weighted by molar-refractivity contribution is 1.02. The highest BCUT2D eigenvalue weighted by Gasteiger charge is 1.80. The van der Waals surface area contributed by atoms with E-state index in [2.05, 4.69) is 0 Å². The van der Waals surface area contributed by atoms with Crippen LogP contribution in [-0.2, 0) is 0 Å². The number of nitrogens with zero attached hydrogens (tertiary/aromatic N) is 1. The van der Waals surface area contributed by atoms with Crippen LogP contribution in [0.25, 0.3) is 0 Å². The van der Waals surface area contributed by atoms with Crippen LogP contribution in [-0.4, -0.2) is 4.68 Å². The van der Waals surface area contributed by atoms with E-state index in [1.54, 1.807) is 0 Å². The molecule has 38 valence electrons. The van der Waals surface area contributed by atoms with Crippen molar-refractivity contribution in [1.29, 1.82) is 0 Å². The molecule has 0 bridgehead atoms. The minimum Gasteiger partial charge on any atom is -0.340 e. The zero-order valence-electron chi connectivity index (χ0n) is 4.26. The highest BCUT2D eigenvalue weighted by atomic mass is 15.3. The summed E-state index contributed by atoms with van der Waals surface area (Å²) in [5, 5.41) is 0. The van der Waals surface area contributed by atoms with Crippen molar-refractivity contribution in [3.63, 3.8) is 0 Å². The highest BCUT2D eigenvalue weighted by molar-refractivity contribution is 5.06. The van der Waals surface area contributed by atoms with Crippen LogP contribution in [0.4, 0.5) is 0 Å². The Hall–Kier alpha value is -0.920. The van der Waals surface area contributed by atoms with Crippen molar-refractivity contribution < 1.29 is 0 Å². The molecule has 2 heteroatoms. The number of aromatic nitrogens is 1. The number of nitrogen functional groups attached to an aromatic ring is 1. The Morgan fingerprint density at radius 1 is 1.71 bits per heavy atom. The number of hydrogen-bond donors (Lipinski definition) is 1. The predicted octanol–water partition coefficient (Wildman–Crippen LogP) is 0.510. The van der Waals surface area contributed by atoms with Gasteiger partial charge < -0.3 is 5.84 Å². The molecule has 0 saturated heterocycles. The van der Waals surface area contributed by atoms with Gasteiger partial charge in [-0.2, -0.15) is 0 Å². The molecule has 1 heterocycles. The second-order valence-corrected chi connectivity index (χ2v) is 1.64. The van der Waals surface area contributed by atoms with Gasteiger partial charge in [0, 0.05) is 12.4 Å². The van der Waals surface area contributed by atoms with Gasteiger partial charge in [-0.1, -0.05) is 0 Å². The molecule has 1 aromatic heterocycles. The summed E-state index contributed by atoms with van der Waals surface area (Å²) in [6.45, 7) is 2.00. The quantitative estimate of drug-likeness (QED) is 0.469. The topological polar surface area (TPSA) is 30.9 Å². The molecule has 2 nitrogen and oxygen atoms in total. The van der Waals surface area contributed by atoms with Crippen LogP contribution >= 0.6 is 0 Å². The molecular weight excluding hydrogens is 88.1 g/mol. The van der Waals surface area contributed by atoms with Crippen molar-refractivity contribution in [3.05, 3.63) is 24.0 Å². The molecule has 0 radical (unpaired) electrons. The van der Waals surface area contributed by atoms with Crippen LogP contribution in [0, 0.1) is 6.92 Å². The van der Waals surface area contributed by atoms with E-state index in [0.29, 0.717) is 0 Å². The molecule has 0 unspecified atom stereocenters. The molecular formula is C5H8N2. The molecule has 0 atom stereocenters. The van der Waals surface area contributed by atoms with E-state index in [9.17, 15) is 0 Å². The standard InChI is InChI=1S/C5H8N2/c1-5-2-3-7(6)4-5/h2-4H,6H2,1H3. The Morgan fingerprint density at radius 3 is 2.57 bits per heavy atom. The maximum absolute atomic E-state index is 5.30. The van der Waals surface area contributed by atoms with Gasteiger partial charge >= 0.3 is 0 Å². The molecule has 0 aliphatic rings. The fourth-order valence-electron chi connectivity index (χ4n) is 0.525. The first kappa shape index (κ1) is 4.24. The average molecular weight is 96.1 g/mol. The summed E-state index contributed by atoms with van der Waals surface area (Å²) in [6, 6.07) is 1.96. The summed E-state index contributed by atoms with van der Waals surface area (Å²) in [5.41, 5.74) is 1.20. The molecule has 0 spiro atoms. The summed E-state index contributed by atoms with van der Waals surface area (Å²) in [6.07, 6.45) is 3.68. The molecule has 2 N–H and O–H groups in total. The number of rotatable bonds is 0. The largest absolute Gasteiger partial charge is 0.340 e. The van der Waals surface area contributed by atoms with Crippen molar-refractivity contribution in [2.75, 3.05) is 5.84 Å². The molecule has 0 saturated carbocycles. The predicted molar refractivity (Wildman–Crippen MR) is 29.3 cm³/mol. The molecule has 0 fully saturated rings. The van der Waals surface area contributed by atoms with Crippen molar-refractivity contribution in [3.8, 4) is 0 Å². The van der Waals surface area contributed by atoms with Crippen molar-refractivity contribution >= 4 is 0 Å². The summed E-state index contributed by atoms with van der Waals surface area (Å²) in [4.78, 5) is 0. The zero-order valence-corrected chi connectivity index (χ0v) is 4.26. The maximum Gasteiger partial charge on any atom is 0.0285 e. The molecule has 1 rings (SSSR count). The van der Waals surface area contributed by atoms with Crippen molar-refractivity contribution in [2.24, 2.45) is 0 Å². The molecule has 0 aromatic carbocycles. The number of nitrogens with two attached hydrogens (primary N) is 1. The van der Waals surface area contributed by atoms with Crippen LogP contribution in [0.2, 0.25) is 0 Å². The van der Waals surface area contributed by atoms with Gasteiger partial charge in [0.05, 0.1) is 0 Å². The lowest BCUT2D eigenvalue weighted by atomic mass is 10.4. The third-order valence-corrected chi connectivity index (χ3v) is 0.862. The van der Waals surface area contributed by atoms with Gasteiger partial charge in [0.1, 0.15) is 0 Å². The monoisotopic (exact) mass is 96.1 g/mol. The molecule has 7 heavy (non-hydrogen) atoms. The van der Waals surface area contributed by atoms with Crippen molar-refractivity contribution in [2.45, 2.75) is 6.92 Å². The van der Waals surface area contributed by atoms with E-state index >= 15 is 0 Å². The van der Waals surface area contributed by atoms with Crippen LogP contribution in [0.3, 0.4) is 0 Å². The van der Waals surface area contributed by atoms with Crippen LogP contribution < -0.4 is 5.84 Å². The third-order valence-electron chi connectivity index (χ3n) is 0.862. The van der Waals surface area contributed by atoms with Gasteiger partial charge in [-0.15, -0.1) is 0 Å². The average Bonchev–Trinajstić information content (AvgIpc) is 1.87. The Labute approximate surface area is 42.5 Å². The summed E-state index contributed by atoms with van der Waals surface area (Å²) in [5.74, 6) is 5.30. The first-order valence-corrected chi connectivity index (χ1v) is 2.19. The molecule has 1 aromatic rings. The van der Waals surface area contributed by atoms with Gasteiger partial charge in [0.15, 0.2) is 0 Å². The normalized spacial score (nSPS) is 9.29. The lowest BCUT2D eigenvalue weighted by Gasteiger charge is -1.82. The second kappa shape index (κ2) is 1.30. The SMILES string of the molecule is Cc1ccn(N)c1.